The molecule has 3 aliphatic rings. The van der Waals surface area contributed by atoms with Gasteiger partial charge in [0, 0.05) is 38.8 Å². The molecule has 27 heavy (non-hydrogen) atoms. The normalized spacial score (nSPS) is 25.1. The molecule has 0 radical (unpaired) electrons. The summed E-state index contributed by atoms with van der Waals surface area (Å²) in [5.41, 5.74) is 0. The molecule has 0 aliphatic carbocycles. The van der Waals surface area contributed by atoms with Crippen LogP contribution in [0.5, 0.6) is 0 Å². The lowest BCUT2D eigenvalue weighted by atomic mass is 9.93. The van der Waals surface area contributed by atoms with E-state index in [2.05, 4.69) is 25.3 Å². The maximum atomic E-state index is 12.7. The molecule has 0 N–H and O–H groups in total. The predicted octanol–water partition coefficient (Wildman–Crippen LogP) is -0.00150. The number of nitrogens with zero attached hydrogens (tertiary/aromatic N) is 7. The van der Waals surface area contributed by atoms with Gasteiger partial charge in [0.05, 0.1) is 5.92 Å². The Kier molecular flexibility index (Phi) is 5.66. The molecule has 2 amide bonds. The topological polar surface area (TPSA) is 87.5 Å². The largest absolute Gasteiger partial charge is 0.342 e. The van der Waals surface area contributed by atoms with Crippen molar-refractivity contribution in [2.75, 3.05) is 39.3 Å². The van der Waals surface area contributed by atoms with Crippen molar-refractivity contribution in [3.05, 3.63) is 6.33 Å². The van der Waals surface area contributed by atoms with Crippen LogP contribution in [0.4, 0.5) is 0 Å². The van der Waals surface area contributed by atoms with Gasteiger partial charge in [0.15, 0.2) is 0 Å². The lowest BCUT2D eigenvalue weighted by Gasteiger charge is -2.42. The van der Waals surface area contributed by atoms with Gasteiger partial charge in [-0.25, -0.2) is 4.68 Å². The molecule has 1 atom stereocenters. The summed E-state index contributed by atoms with van der Waals surface area (Å²) in [4.78, 5) is 31.6. The van der Waals surface area contributed by atoms with Crippen molar-refractivity contribution in [1.82, 2.24) is 34.9 Å². The third kappa shape index (κ3) is 4.28. The van der Waals surface area contributed by atoms with Crippen LogP contribution in [0.15, 0.2) is 6.33 Å². The van der Waals surface area contributed by atoms with Crippen LogP contribution >= 0.6 is 0 Å². The highest BCUT2D eigenvalue weighted by molar-refractivity contribution is 5.79. The molecule has 148 valence electrons. The minimum atomic E-state index is 0.0708. The summed E-state index contributed by atoms with van der Waals surface area (Å²) in [5, 5.41) is 10.9. The van der Waals surface area contributed by atoms with Gasteiger partial charge >= 0.3 is 0 Å². The maximum absolute atomic E-state index is 12.7. The van der Waals surface area contributed by atoms with Crippen LogP contribution in [0.3, 0.4) is 0 Å². The van der Waals surface area contributed by atoms with Crippen molar-refractivity contribution in [2.24, 2.45) is 5.92 Å². The highest BCUT2D eigenvalue weighted by Gasteiger charge is 2.34. The second kappa shape index (κ2) is 8.33. The Bertz CT molecular complexity index is 636. The fourth-order valence-corrected chi connectivity index (χ4v) is 4.71. The van der Waals surface area contributed by atoms with Crippen molar-refractivity contribution < 1.29 is 9.59 Å². The SMILES string of the molecule is O=C(Cn1cnnn1)N1CCC(N2CCCC(C(=O)N3CCCC3)C2)CC1. The van der Waals surface area contributed by atoms with Gasteiger partial charge in [-0.05, 0) is 55.5 Å². The van der Waals surface area contributed by atoms with Gasteiger partial charge in [-0.15, -0.1) is 5.10 Å². The van der Waals surface area contributed by atoms with E-state index in [0.717, 1.165) is 77.8 Å². The molecule has 4 rings (SSSR count). The fraction of sp³-hybridized carbons (Fsp3) is 0.833. The van der Waals surface area contributed by atoms with E-state index in [4.69, 9.17) is 0 Å². The average molecular weight is 375 g/mol. The molecular formula is C18H29N7O2. The molecule has 3 fully saturated rings. The number of piperidine rings is 2. The summed E-state index contributed by atoms with van der Waals surface area (Å²) in [6, 6.07) is 0.483. The number of likely N-dealkylation sites (tertiary alicyclic amines) is 3. The molecule has 3 saturated heterocycles. The van der Waals surface area contributed by atoms with Crippen LogP contribution in [-0.2, 0) is 16.1 Å². The van der Waals surface area contributed by atoms with Gasteiger partial charge in [0.1, 0.15) is 12.9 Å². The summed E-state index contributed by atoms with van der Waals surface area (Å²) in [6.07, 6.45) is 7.85. The van der Waals surface area contributed by atoms with Gasteiger partial charge < -0.3 is 9.80 Å². The highest BCUT2D eigenvalue weighted by atomic mass is 16.2. The molecule has 0 spiro atoms. The lowest BCUT2D eigenvalue weighted by Crippen LogP contribution is -2.52. The van der Waals surface area contributed by atoms with Gasteiger partial charge in [-0.3, -0.25) is 14.5 Å². The third-order valence-corrected chi connectivity index (χ3v) is 6.24. The van der Waals surface area contributed by atoms with Crippen LogP contribution < -0.4 is 0 Å². The van der Waals surface area contributed by atoms with Gasteiger partial charge in [0.25, 0.3) is 0 Å². The van der Waals surface area contributed by atoms with Gasteiger partial charge in [-0.1, -0.05) is 0 Å². The Labute approximate surface area is 159 Å². The van der Waals surface area contributed by atoms with Crippen LogP contribution in [0, 0.1) is 5.92 Å². The van der Waals surface area contributed by atoms with E-state index in [9.17, 15) is 9.59 Å². The molecule has 1 aromatic heterocycles. The number of amides is 2. The first-order valence-electron chi connectivity index (χ1n) is 10.2. The van der Waals surface area contributed by atoms with E-state index in [0.29, 0.717) is 11.9 Å². The molecule has 1 unspecified atom stereocenters. The predicted molar refractivity (Wildman–Crippen MR) is 97.5 cm³/mol. The van der Waals surface area contributed by atoms with Gasteiger partial charge in [0.2, 0.25) is 11.8 Å². The van der Waals surface area contributed by atoms with Crippen LogP contribution in [0.25, 0.3) is 0 Å². The number of tetrazole rings is 1. The van der Waals surface area contributed by atoms with Crippen molar-refractivity contribution >= 4 is 11.8 Å². The summed E-state index contributed by atoms with van der Waals surface area (Å²) in [7, 11) is 0. The number of carbonyl (C=O) groups is 2. The Morgan fingerprint density at radius 3 is 2.41 bits per heavy atom. The van der Waals surface area contributed by atoms with E-state index >= 15 is 0 Å². The van der Waals surface area contributed by atoms with E-state index in [1.165, 1.54) is 11.0 Å². The van der Waals surface area contributed by atoms with Crippen LogP contribution in [0.2, 0.25) is 0 Å². The quantitative estimate of drug-likeness (QED) is 0.736. The standard InChI is InChI=1S/C18H29N7O2/c26-17(13-25-14-19-20-21-25)22-10-5-16(6-11-22)24-9-3-4-15(12-24)18(27)23-7-1-2-8-23/h14-16H,1-13H2. The number of hydrogen-bond acceptors (Lipinski definition) is 6. The van der Waals surface area contributed by atoms with E-state index < -0.39 is 0 Å². The summed E-state index contributed by atoms with van der Waals surface area (Å²) >= 11 is 0. The smallest absolute Gasteiger partial charge is 0.244 e. The Morgan fingerprint density at radius 2 is 1.70 bits per heavy atom. The summed E-state index contributed by atoms with van der Waals surface area (Å²) in [6.45, 7) is 5.59. The zero-order chi connectivity index (χ0) is 18.6. The van der Waals surface area contributed by atoms with Crippen LogP contribution in [0.1, 0.15) is 38.5 Å². The average Bonchev–Trinajstić information content (AvgIpc) is 3.42. The van der Waals surface area contributed by atoms with Crippen molar-refractivity contribution in [3.8, 4) is 0 Å². The summed E-state index contributed by atoms with van der Waals surface area (Å²) < 4.78 is 1.47. The monoisotopic (exact) mass is 375 g/mol. The van der Waals surface area contributed by atoms with Crippen molar-refractivity contribution in [2.45, 2.75) is 51.1 Å². The zero-order valence-electron chi connectivity index (χ0n) is 15.9. The van der Waals surface area contributed by atoms with Crippen molar-refractivity contribution in [3.63, 3.8) is 0 Å². The number of aromatic nitrogens is 4. The van der Waals surface area contributed by atoms with Crippen LogP contribution in [-0.4, -0.2) is 92.0 Å². The molecule has 0 aromatic carbocycles. The molecule has 9 heteroatoms. The first-order valence-corrected chi connectivity index (χ1v) is 10.2. The molecule has 0 bridgehead atoms. The summed E-state index contributed by atoms with van der Waals surface area (Å²) in [5.74, 6) is 0.601. The number of rotatable bonds is 4. The van der Waals surface area contributed by atoms with Gasteiger partial charge in [-0.2, -0.15) is 0 Å². The molecule has 4 heterocycles. The molecule has 1 aromatic rings. The minimum Gasteiger partial charge on any atom is -0.342 e. The number of carbonyl (C=O) groups excluding carboxylic acids is 2. The number of hydrogen-bond donors (Lipinski definition) is 0. The van der Waals surface area contributed by atoms with Crippen molar-refractivity contribution in [1.29, 1.82) is 0 Å². The third-order valence-electron chi connectivity index (χ3n) is 6.24. The Hall–Kier alpha value is -2.03. The Morgan fingerprint density at radius 1 is 0.926 bits per heavy atom. The molecule has 3 aliphatic heterocycles. The lowest BCUT2D eigenvalue weighted by molar-refractivity contribution is -0.136. The highest BCUT2D eigenvalue weighted by Crippen LogP contribution is 2.26. The first-order chi connectivity index (χ1) is 13.2. The minimum absolute atomic E-state index is 0.0708. The second-order valence-corrected chi connectivity index (χ2v) is 7.99. The maximum Gasteiger partial charge on any atom is 0.244 e. The molecule has 9 nitrogen and oxygen atoms in total. The van der Waals surface area contributed by atoms with E-state index in [1.54, 1.807) is 0 Å². The van der Waals surface area contributed by atoms with E-state index in [1.807, 2.05) is 4.90 Å². The Balaban J connectivity index is 1.26. The van der Waals surface area contributed by atoms with E-state index in [-0.39, 0.29) is 18.4 Å². The first kappa shape index (κ1) is 18.3. The molecule has 0 saturated carbocycles. The zero-order valence-corrected chi connectivity index (χ0v) is 15.9. The fourth-order valence-electron chi connectivity index (χ4n) is 4.71. The molecular weight excluding hydrogens is 346 g/mol. The second-order valence-electron chi connectivity index (χ2n) is 7.99.